The highest BCUT2D eigenvalue weighted by molar-refractivity contribution is 5.67. The number of hydrogen-bond donors (Lipinski definition) is 2. The predicted octanol–water partition coefficient (Wildman–Crippen LogP) is 6.99. The molecule has 2 aromatic carbocycles. The van der Waals surface area contributed by atoms with Gasteiger partial charge in [0.1, 0.15) is 5.75 Å². The number of rotatable bonds is 12. The third-order valence-corrected chi connectivity index (χ3v) is 7.49. The zero-order valence-corrected chi connectivity index (χ0v) is 24.4. The van der Waals surface area contributed by atoms with Crippen molar-refractivity contribution < 1.29 is 4.74 Å². The Morgan fingerprint density at radius 3 is 2.49 bits per heavy atom. The van der Waals surface area contributed by atoms with Gasteiger partial charge >= 0.3 is 0 Å². The molecule has 3 aromatic heterocycles. The van der Waals surface area contributed by atoms with Gasteiger partial charge in [-0.25, -0.2) is 15.0 Å². The number of aromatic nitrogens is 5. The van der Waals surface area contributed by atoms with Crippen LogP contribution in [0.5, 0.6) is 11.6 Å². The maximum absolute atomic E-state index is 6.22. The zero-order valence-electron chi connectivity index (χ0n) is 24.4. The van der Waals surface area contributed by atoms with Gasteiger partial charge in [-0.05, 0) is 99.4 Å². The van der Waals surface area contributed by atoms with Crippen molar-refractivity contribution in [2.24, 2.45) is 0 Å². The predicted molar refractivity (Wildman–Crippen MR) is 171 cm³/mol. The van der Waals surface area contributed by atoms with Crippen LogP contribution in [0, 0.1) is 0 Å². The van der Waals surface area contributed by atoms with Gasteiger partial charge in [0, 0.05) is 30.2 Å². The summed E-state index contributed by atoms with van der Waals surface area (Å²) in [6, 6.07) is 25.6. The SMILES string of the molecule is CCc1cc(-c2ccccc2)nnc1Nc1ccc(Oc2ncccc2-c2ccnc(NCCCN3CCCC3)n2)cc1. The summed E-state index contributed by atoms with van der Waals surface area (Å²) in [5.74, 6) is 2.50. The summed E-state index contributed by atoms with van der Waals surface area (Å²) >= 11 is 0. The molecule has 9 heteroatoms. The Bertz CT molecular complexity index is 1620. The monoisotopic (exact) mass is 572 g/mol. The van der Waals surface area contributed by atoms with Crippen molar-refractivity contribution in [3.63, 3.8) is 0 Å². The van der Waals surface area contributed by atoms with E-state index in [9.17, 15) is 0 Å². The van der Waals surface area contributed by atoms with Crippen molar-refractivity contribution in [2.45, 2.75) is 32.6 Å². The minimum Gasteiger partial charge on any atom is -0.438 e. The molecule has 0 atom stereocenters. The lowest BCUT2D eigenvalue weighted by atomic mass is 10.1. The van der Waals surface area contributed by atoms with Crippen LogP contribution in [0.15, 0.2) is 91.3 Å². The van der Waals surface area contributed by atoms with E-state index in [2.05, 4.69) is 48.7 Å². The van der Waals surface area contributed by atoms with Gasteiger partial charge in [-0.1, -0.05) is 37.3 Å². The molecule has 0 spiro atoms. The van der Waals surface area contributed by atoms with Gasteiger partial charge in [0.15, 0.2) is 5.82 Å². The van der Waals surface area contributed by atoms with Crippen LogP contribution in [0.2, 0.25) is 0 Å². The molecule has 5 aromatic rings. The van der Waals surface area contributed by atoms with E-state index < -0.39 is 0 Å². The van der Waals surface area contributed by atoms with Crippen LogP contribution >= 0.6 is 0 Å². The molecule has 0 aliphatic carbocycles. The van der Waals surface area contributed by atoms with Crippen molar-refractivity contribution in [3.05, 3.63) is 96.8 Å². The molecule has 1 aliphatic rings. The third-order valence-electron chi connectivity index (χ3n) is 7.49. The molecule has 1 aliphatic heterocycles. The summed E-state index contributed by atoms with van der Waals surface area (Å²) in [7, 11) is 0. The first-order valence-corrected chi connectivity index (χ1v) is 15.0. The lowest BCUT2D eigenvalue weighted by molar-refractivity contribution is 0.337. The van der Waals surface area contributed by atoms with Gasteiger partial charge in [0.2, 0.25) is 11.8 Å². The van der Waals surface area contributed by atoms with Gasteiger partial charge in [-0.3, -0.25) is 0 Å². The fourth-order valence-electron chi connectivity index (χ4n) is 5.18. The first kappa shape index (κ1) is 28.2. The molecule has 43 heavy (non-hydrogen) atoms. The molecule has 1 saturated heterocycles. The highest BCUT2D eigenvalue weighted by atomic mass is 16.5. The van der Waals surface area contributed by atoms with Crippen molar-refractivity contribution in [3.8, 4) is 34.1 Å². The van der Waals surface area contributed by atoms with Gasteiger partial charge in [0.25, 0.3) is 0 Å². The second kappa shape index (κ2) is 13.8. The minimum atomic E-state index is 0.484. The normalized spacial score (nSPS) is 13.1. The molecule has 0 radical (unpaired) electrons. The molecule has 218 valence electrons. The smallest absolute Gasteiger partial charge is 0.228 e. The molecule has 0 saturated carbocycles. The second-order valence-corrected chi connectivity index (χ2v) is 10.5. The number of anilines is 3. The number of hydrogen-bond acceptors (Lipinski definition) is 9. The second-order valence-electron chi connectivity index (χ2n) is 10.5. The van der Waals surface area contributed by atoms with E-state index in [1.807, 2.05) is 72.8 Å². The van der Waals surface area contributed by atoms with E-state index in [0.29, 0.717) is 17.6 Å². The van der Waals surface area contributed by atoms with Crippen LogP contribution in [-0.2, 0) is 6.42 Å². The van der Waals surface area contributed by atoms with Crippen molar-refractivity contribution in [2.75, 3.05) is 36.8 Å². The Labute approximate surface area is 252 Å². The lowest BCUT2D eigenvalue weighted by Gasteiger charge is -2.14. The topological polar surface area (TPSA) is 101 Å². The fraction of sp³-hybridized carbons (Fsp3) is 0.265. The maximum atomic E-state index is 6.22. The Balaban J connectivity index is 1.10. The van der Waals surface area contributed by atoms with Crippen molar-refractivity contribution in [1.29, 1.82) is 0 Å². The summed E-state index contributed by atoms with van der Waals surface area (Å²) < 4.78 is 6.22. The molecule has 1 fully saturated rings. The molecule has 2 N–H and O–H groups in total. The molecule has 0 unspecified atom stereocenters. The summed E-state index contributed by atoms with van der Waals surface area (Å²) in [6.07, 6.45) is 8.01. The Morgan fingerprint density at radius 2 is 1.67 bits per heavy atom. The number of likely N-dealkylation sites (tertiary alicyclic amines) is 1. The first-order chi connectivity index (χ1) is 21.2. The van der Waals surface area contributed by atoms with E-state index in [1.54, 1.807) is 12.4 Å². The third kappa shape index (κ3) is 7.31. The van der Waals surface area contributed by atoms with Crippen LogP contribution in [0.25, 0.3) is 22.5 Å². The number of aryl methyl sites for hydroxylation is 1. The summed E-state index contributed by atoms with van der Waals surface area (Å²) in [5.41, 5.74) is 5.45. The average molecular weight is 573 g/mol. The number of benzene rings is 2. The first-order valence-electron chi connectivity index (χ1n) is 15.0. The minimum absolute atomic E-state index is 0.484. The van der Waals surface area contributed by atoms with Gasteiger partial charge in [0.05, 0.1) is 17.0 Å². The van der Waals surface area contributed by atoms with Crippen molar-refractivity contribution in [1.82, 2.24) is 30.0 Å². The molecular formula is C34H36N8O. The quantitative estimate of drug-likeness (QED) is 0.153. The van der Waals surface area contributed by atoms with E-state index in [1.165, 1.54) is 25.9 Å². The summed E-state index contributed by atoms with van der Waals surface area (Å²) in [5, 5.41) is 15.7. The van der Waals surface area contributed by atoms with Crippen LogP contribution in [0.4, 0.5) is 17.5 Å². The molecule has 0 bridgehead atoms. The van der Waals surface area contributed by atoms with E-state index in [0.717, 1.165) is 65.5 Å². The van der Waals surface area contributed by atoms with Crippen LogP contribution in [0.3, 0.4) is 0 Å². The maximum Gasteiger partial charge on any atom is 0.228 e. The average Bonchev–Trinajstić information content (AvgIpc) is 3.59. The Morgan fingerprint density at radius 1 is 0.837 bits per heavy atom. The highest BCUT2D eigenvalue weighted by Crippen LogP contribution is 2.31. The Hall–Kier alpha value is -4.89. The number of nitrogens with zero attached hydrogens (tertiary/aromatic N) is 6. The standard InChI is InChI=1S/C34H36N8O/c1-2-25-24-31(26-10-4-3-5-11-26)40-41-32(25)38-27-13-15-28(16-14-27)43-33-29(12-8-18-35-33)30-17-20-37-34(39-30)36-19-9-23-42-21-6-7-22-42/h3-5,8,10-18,20,24H,2,6-7,9,19,21-23H2,1H3,(H,38,41)(H,36,37,39). The number of pyridine rings is 1. The van der Waals surface area contributed by atoms with E-state index in [4.69, 9.17) is 9.72 Å². The van der Waals surface area contributed by atoms with Crippen LogP contribution < -0.4 is 15.4 Å². The summed E-state index contributed by atoms with van der Waals surface area (Å²) in [6.45, 7) is 6.48. The molecule has 0 amide bonds. The van der Waals surface area contributed by atoms with Gasteiger partial charge < -0.3 is 20.3 Å². The number of nitrogens with one attached hydrogen (secondary N) is 2. The van der Waals surface area contributed by atoms with Crippen molar-refractivity contribution >= 4 is 17.5 Å². The van der Waals surface area contributed by atoms with E-state index >= 15 is 0 Å². The highest BCUT2D eigenvalue weighted by Gasteiger charge is 2.13. The van der Waals surface area contributed by atoms with Gasteiger partial charge in [-0.15, -0.1) is 10.2 Å². The zero-order chi connectivity index (χ0) is 29.3. The lowest BCUT2D eigenvalue weighted by Crippen LogP contribution is -2.22. The van der Waals surface area contributed by atoms with Crippen LogP contribution in [0.1, 0.15) is 31.7 Å². The molecular weight excluding hydrogens is 536 g/mol. The molecule has 6 rings (SSSR count). The largest absolute Gasteiger partial charge is 0.438 e. The van der Waals surface area contributed by atoms with Gasteiger partial charge in [-0.2, -0.15) is 0 Å². The molecule has 9 nitrogen and oxygen atoms in total. The Kier molecular flexibility index (Phi) is 9.10. The van der Waals surface area contributed by atoms with E-state index in [-0.39, 0.29) is 0 Å². The molecule has 4 heterocycles. The fourth-order valence-corrected chi connectivity index (χ4v) is 5.18. The van der Waals surface area contributed by atoms with Crippen LogP contribution in [-0.4, -0.2) is 56.2 Å². The number of ether oxygens (including phenoxy) is 1. The summed E-state index contributed by atoms with van der Waals surface area (Å²) in [4.78, 5) is 16.2.